The molecule has 0 unspecified atom stereocenters. The Kier molecular flexibility index (Phi) is 5.13. The standard InChI is InChI=1S/C14H20N4O3/c1-10-14(20)13(11(9-19)5-15-10)7-16-12-6-17-18(8-12)3-4-21-2/h5-6,8,16,19-20H,3-4,7,9H2,1-2H3. The molecule has 0 spiro atoms. The minimum atomic E-state index is -0.162. The number of aliphatic hydroxyl groups is 1. The number of aryl methyl sites for hydroxylation is 1. The van der Waals surface area contributed by atoms with E-state index < -0.39 is 0 Å². The molecule has 2 aromatic rings. The molecule has 0 aliphatic rings. The molecule has 21 heavy (non-hydrogen) atoms. The molecule has 7 heteroatoms. The molecule has 0 saturated heterocycles. The summed E-state index contributed by atoms with van der Waals surface area (Å²) in [5.41, 5.74) is 2.63. The lowest BCUT2D eigenvalue weighted by Gasteiger charge is -2.12. The van der Waals surface area contributed by atoms with Crippen molar-refractivity contribution in [3.05, 3.63) is 35.4 Å². The number of aromatic nitrogens is 3. The minimum Gasteiger partial charge on any atom is -0.506 e. The van der Waals surface area contributed by atoms with Crippen molar-refractivity contribution in [1.82, 2.24) is 14.8 Å². The average molecular weight is 292 g/mol. The topological polar surface area (TPSA) is 92.4 Å². The molecule has 0 amide bonds. The van der Waals surface area contributed by atoms with Crippen LogP contribution in [0.3, 0.4) is 0 Å². The molecule has 0 fully saturated rings. The van der Waals surface area contributed by atoms with Gasteiger partial charge in [0, 0.05) is 37.2 Å². The van der Waals surface area contributed by atoms with E-state index in [-0.39, 0.29) is 12.4 Å². The van der Waals surface area contributed by atoms with Crippen LogP contribution in [-0.4, -0.2) is 38.7 Å². The van der Waals surface area contributed by atoms with Gasteiger partial charge in [-0.3, -0.25) is 9.67 Å². The number of rotatable bonds is 7. The smallest absolute Gasteiger partial charge is 0.142 e. The lowest BCUT2D eigenvalue weighted by atomic mass is 10.1. The SMILES string of the molecule is COCCn1cc(NCc2c(CO)cnc(C)c2O)cn1. The van der Waals surface area contributed by atoms with E-state index in [2.05, 4.69) is 15.4 Å². The van der Waals surface area contributed by atoms with E-state index in [0.717, 1.165) is 5.69 Å². The average Bonchev–Trinajstić information content (AvgIpc) is 2.94. The quantitative estimate of drug-likeness (QED) is 0.706. The third-order valence-corrected chi connectivity index (χ3v) is 3.23. The third-order valence-electron chi connectivity index (χ3n) is 3.23. The zero-order valence-corrected chi connectivity index (χ0v) is 12.2. The molecule has 114 valence electrons. The molecular formula is C14H20N4O3. The largest absolute Gasteiger partial charge is 0.506 e. The number of aromatic hydroxyl groups is 1. The van der Waals surface area contributed by atoms with Crippen molar-refractivity contribution in [2.75, 3.05) is 19.0 Å². The molecule has 0 aliphatic carbocycles. The van der Waals surface area contributed by atoms with E-state index in [1.807, 2.05) is 6.20 Å². The maximum absolute atomic E-state index is 10.1. The Hall–Kier alpha value is -2.12. The van der Waals surface area contributed by atoms with Crippen molar-refractivity contribution in [3.8, 4) is 5.75 Å². The second-order valence-electron chi connectivity index (χ2n) is 4.69. The van der Waals surface area contributed by atoms with Gasteiger partial charge in [0.1, 0.15) is 5.75 Å². The van der Waals surface area contributed by atoms with Crippen molar-refractivity contribution >= 4 is 5.69 Å². The molecule has 3 N–H and O–H groups in total. The van der Waals surface area contributed by atoms with Gasteiger partial charge in [-0.25, -0.2) is 0 Å². The third kappa shape index (κ3) is 3.71. The number of pyridine rings is 1. The molecule has 2 rings (SSSR count). The molecule has 2 aromatic heterocycles. The van der Waals surface area contributed by atoms with Crippen LogP contribution in [0.15, 0.2) is 18.6 Å². The summed E-state index contributed by atoms with van der Waals surface area (Å²) in [6.07, 6.45) is 5.15. The fraction of sp³-hybridized carbons (Fsp3) is 0.429. The van der Waals surface area contributed by atoms with E-state index in [0.29, 0.717) is 36.5 Å². The van der Waals surface area contributed by atoms with E-state index in [9.17, 15) is 10.2 Å². The lowest BCUT2D eigenvalue weighted by molar-refractivity contribution is 0.183. The van der Waals surface area contributed by atoms with Gasteiger partial charge >= 0.3 is 0 Å². The molecule has 0 atom stereocenters. The summed E-state index contributed by atoms with van der Waals surface area (Å²) in [4.78, 5) is 4.03. The number of anilines is 1. The van der Waals surface area contributed by atoms with Crippen LogP contribution in [0.5, 0.6) is 5.75 Å². The van der Waals surface area contributed by atoms with Gasteiger partial charge in [0.05, 0.1) is 37.3 Å². The van der Waals surface area contributed by atoms with Crippen LogP contribution in [0, 0.1) is 6.92 Å². The summed E-state index contributed by atoms with van der Waals surface area (Å²) < 4.78 is 6.77. The van der Waals surface area contributed by atoms with E-state index in [1.54, 1.807) is 31.1 Å². The van der Waals surface area contributed by atoms with Gasteiger partial charge in [0.15, 0.2) is 0 Å². The first-order valence-corrected chi connectivity index (χ1v) is 6.68. The monoisotopic (exact) mass is 292 g/mol. The Morgan fingerprint density at radius 1 is 1.38 bits per heavy atom. The van der Waals surface area contributed by atoms with Gasteiger partial charge in [-0.1, -0.05) is 0 Å². The van der Waals surface area contributed by atoms with Crippen LogP contribution in [0.2, 0.25) is 0 Å². The molecule has 0 aromatic carbocycles. The van der Waals surface area contributed by atoms with Gasteiger partial charge in [-0.05, 0) is 6.92 Å². The summed E-state index contributed by atoms with van der Waals surface area (Å²) in [6, 6.07) is 0. The van der Waals surface area contributed by atoms with Gasteiger partial charge in [0.2, 0.25) is 0 Å². The summed E-state index contributed by atoms with van der Waals surface area (Å²) in [7, 11) is 1.65. The molecule has 7 nitrogen and oxygen atoms in total. The highest BCUT2D eigenvalue weighted by Gasteiger charge is 2.11. The normalized spacial score (nSPS) is 10.8. The zero-order chi connectivity index (χ0) is 15.2. The number of aliphatic hydroxyl groups excluding tert-OH is 1. The Balaban J connectivity index is 2.06. The summed E-state index contributed by atoms with van der Waals surface area (Å²) in [5, 5.41) is 26.8. The first-order chi connectivity index (χ1) is 10.2. The van der Waals surface area contributed by atoms with Gasteiger partial charge in [0.25, 0.3) is 0 Å². The van der Waals surface area contributed by atoms with Gasteiger partial charge < -0.3 is 20.3 Å². The molecular weight excluding hydrogens is 272 g/mol. The Bertz CT molecular complexity index is 598. The lowest BCUT2D eigenvalue weighted by Crippen LogP contribution is -2.06. The van der Waals surface area contributed by atoms with Crippen LogP contribution < -0.4 is 5.32 Å². The first-order valence-electron chi connectivity index (χ1n) is 6.68. The fourth-order valence-electron chi connectivity index (χ4n) is 1.97. The van der Waals surface area contributed by atoms with Crippen LogP contribution in [-0.2, 0) is 24.4 Å². The number of nitrogens with zero attached hydrogens (tertiary/aromatic N) is 3. The van der Waals surface area contributed by atoms with Crippen molar-refractivity contribution in [2.24, 2.45) is 0 Å². The van der Waals surface area contributed by atoms with E-state index in [1.165, 1.54) is 0 Å². The second kappa shape index (κ2) is 7.05. The molecule has 0 saturated carbocycles. The van der Waals surface area contributed by atoms with Gasteiger partial charge in [-0.2, -0.15) is 5.10 Å². The molecule has 0 aliphatic heterocycles. The Morgan fingerprint density at radius 3 is 2.90 bits per heavy atom. The highest BCUT2D eigenvalue weighted by Crippen LogP contribution is 2.24. The highest BCUT2D eigenvalue weighted by atomic mass is 16.5. The maximum atomic E-state index is 10.1. The van der Waals surface area contributed by atoms with Crippen LogP contribution in [0.4, 0.5) is 5.69 Å². The van der Waals surface area contributed by atoms with Crippen molar-refractivity contribution in [3.63, 3.8) is 0 Å². The summed E-state index contributed by atoms with van der Waals surface area (Å²) in [5.74, 6) is 0.112. The summed E-state index contributed by atoms with van der Waals surface area (Å²) in [6.45, 7) is 3.23. The van der Waals surface area contributed by atoms with E-state index >= 15 is 0 Å². The Labute approximate surface area is 123 Å². The number of methoxy groups -OCH3 is 1. The highest BCUT2D eigenvalue weighted by molar-refractivity contribution is 5.45. The zero-order valence-electron chi connectivity index (χ0n) is 12.2. The van der Waals surface area contributed by atoms with Crippen molar-refractivity contribution in [2.45, 2.75) is 26.6 Å². The first kappa shape index (κ1) is 15.3. The van der Waals surface area contributed by atoms with Crippen molar-refractivity contribution < 1.29 is 14.9 Å². The molecule has 0 radical (unpaired) electrons. The number of hydrogen-bond acceptors (Lipinski definition) is 6. The minimum absolute atomic E-state index is 0.112. The Morgan fingerprint density at radius 2 is 2.19 bits per heavy atom. The molecule has 2 heterocycles. The number of nitrogens with one attached hydrogen (secondary N) is 1. The van der Waals surface area contributed by atoms with Crippen LogP contribution >= 0.6 is 0 Å². The van der Waals surface area contributed by atoms with Gasteiger partial charge in [-0.15, -0.1) is 0 Å². The predicted molar refractivity (Wildman–Crippen MR) is 78.0 cm³/mol. The number of hydrogen-bond donors (Lipinski definition) is 3. The fourth-order valence-corrected chi connectivity index (χ4v) is 1.97. The predicted octanol–water partition coefficient (Wildman–Crippen LogP) is 1.04. The summed E-state index contributed by atoms with van der Waals surface area (Å²) >= 11 is 0. The number of ether oxygens (including phenoxy) is 1. The second-order valence-corrected chi connectivity index (χ2v) is 4.69. The molecule has 0 bridgehead atoms. The van der Waals surface area contributed by atoms with Crippen LogP contribution in [0.1, 0.15) is 16.8 Å². The van der Waals surface area contributed by atoms with Crippen LogP contribution in [0.25, 0.3) is 0 Å². The van der Waals surface area contributed by atoms with Crippen molar-refractivity contribution in [1.29, 1.82) is 0 Å². The maximum Gasteiger partial charge on any atom is 0.142 e. The van der Waals surface area contributed by atoms with E-state index in [4.69, 9.17) is 4.74 Å².